The third-order valence-electron chi connectivity index (χ3n) is 3.68. The van der Waals surface area contributed by atoms with Gasteiger partial charge in [-0.3, -0.25) is 10.1 Å². The van der Waals surface area contributed by atoms with Gasteiger partial charge in [-0.25, -0.2) is 13.2 Å². The summed E-state index contributed by atoms with van der Waals surface area (Å²) in [5.41, 5.74) is -0.457. The standard InChI is InChI=1S/C11H12ClN3O4S2/c1-6-4-7(20-8(6)12)21(18,19)15-3-2-11(5-15)9(16)13-10(17)14-11/h4H,2-3,5H2,1H3,(H2,13,14,16,17). The minimum Gasteiger partial charge on any atom is -0.322 e. The summed E-state index contributed by atoms with van der Waals surface area (Å²) in [7, 11) is -3.71. The molecule has 2 saturated heterocycles. The molecule has 2 N–H and O–H groups in total. The van der Waals surface area contributed by atoms with Crippen molar-refractivity contribution in [3.8, 4) is 0 Å². The van der Waals surface area contributed by atoms with E-state index in [1.54, 1.807) is 6.92 Å². The van der Waals surface area contributed by atoms with E-state index in [1.165, 1.54) is 10.4 Å². The van der Waals surface area contributed by atoms with Crippen LogP contribution in [0.2, 0.25) is 4.34 Å². The number of carbonyl (C=O) groups is 2. The van der Waals surface area contributed by atoms with Crippen LogP contribution >= 0.6 is 22.9 Å². The van der Waals surface area contributed by atoms with Crippen LogP contribution in [0.25, 0.3) is 0 Å². The number of halogens is 1. The van der Waals surface area contributed by atoms with Gasteiger partial charge in [0.2, 0.25) is 0 Å². The zero-order valence-electron chi connectivity index (χ0n) is 11.0. The Bertz CT molecular complexity index is 725. The number of rotatable bonds is 2. The van der Waals surface area contributed by atoms with Crippen molar-refractivity contribution in [1.82, 2.24) is 14.9 Å². The second kappa shape index (κ2) is 4.67. The molecule has 7 nitrogen and oxygen atoms in total. The van der Waals surface area contributed by atoms with Crippen molar-refractivity contribution in [2.45, 2.75) is 23.1 Å². The number of sulfonamides is 1. The molecular formula is C11H12ClN3O4S2. The quantitative estimate of drug-likeness (QED) is 0.767. The summed E-state index contributed by atoms with van der Waals surface area (Å²) in [4.78, 5) is 23.1. The molecule has 114 valence electrons. The van der Waals surface area contributed by atoms with E-state index in [2.05, 4.69) is 10.6 Å². The molecule has 1 unspecified atom stereocenters. The normalized spacial score (nSPS) is 26.4. The summed E-state index contributed by atoms with van der Waals surface area (Å²) >= 11 is 6.91. The van der Waals surface area contributed by atoms with Crippen molar-refractivity contribution in [3.05, 3.63) is 16.0 Å². The Balaban J connectivity index is 1.89. The number of thiophene rings is 1. The summed E-state index contributed by atoms with van der Waals surface area (Å²) < 4.78 is 26.9. The van der Waals surface area contributed by atoms with E-state index in [4.69, 9.17) is 11.6 Å². The first-order chi connectivity index (χ1) is 9.74. The molecule has 3 rings (SSSR count). The van der Waals surface area contributed by atoms with Gasteiger partial charge in [0.15, 0.2) is 0 Å². The third-order valence-corrected chi connectivity index (χ3v) is 7.53. The average Bonchev–Trinajstić information content (AvgIpc) is 3.03. The molecule has 3 heterocycles. The molecular weight excluding hydrogens is 338 g/mol. The average molecular weight is 350 g/mol. The van der Waals surface area contributed by atoms with Crippen molar-refractivity contribution in [1.29, 1.82) is 0 Å². The predicted molar refractivity (Wildman–Crippen MR) is 76.8 cm³/mol. The number of hydrogen-bond acceptors (Lipinski definition) is 5. The van der Waals surface area contributed by atoms with Crippen LogP contribution < -0.4 is 10.6 Å². The molecule has 3 amide bonds. The highest BCUT2D eigenvalue weighted by Crippen LogP contribution is 2.35. The molecule has 0 aromatic carbocycles. The van der Waals surface area contributed by atoms with Gasteiger partial charge in [-0.1, -0.05) is 11.6 Å². The number of imide groups is 1. The Hall–Kier alpha value is -1.16. The molecule has 0 aliphatic carbocycles. The molecule has 0 saturated carbocycles. The second-order valence-corrected chi connectivity index (χ2v) is 8.92. The minimum absolute atomic E-state index is 0.0680. The lowest BCUT2D eigenvalue weighted by molar-refractivity contribution is -0.123. The number of aryl methyl sites for hydroxylation is 1. The summed E-state index contributed by atoms with van der Waals surface area (Å²) in [6.07, 6.45) is 0.252. The Kier molecular flexibility index (Phi) is 3.28. The van der Waals surface area contributed by atoms with Gasteiger partial charge < -0.3 is 5.32 Å². The van der Waals surface area contributed by atoms with E-state index in [0.717, 1.165) is 11.3 Å². The number of nitrogens with one attached hydrogen (secondary N) is 2. The van der Waals surface area contributed by atoms with Crippen molar-refractivity contribution in [2.24, 2.45) is 0 Å². The zero-order chi connectivity index (χ0) is 15.4. The van der Waals surface area contributed by atoms with Gasteiger partial charge in [-0.05, 0) is 25.0 Å². The van der Waals surface area contributed by atoms with Gasteiger partial charge in [-0.15, -0.1) is 11.3 Å². The largest absolute Gasteiger partial charge is 0.322 e. The maximum absolute atomic E-state index is 12.6. The van der Waals surface area contributed by atoms with E-state index in [9.17, 15) is 18.0 Å². The van der Waals surface area contributed by atoms with Crippen LogP contribution in [0.1, 0.15) is 12.0 Å². The van der Waals surface area contributed by atoms with E-state index >= 15 is 0 Å². The predicted octanol–water partition coefficient (Wildman–Crippen LogP) is 0.683. The first kappa shape index (κ1) is 14.8. The van der Waals surface area contributed by atoms with Gasteiger partial charge in [-0.2, -0.15) is 4.31 Å². The smallest absolute Gasteiger partial charge is 0.322 e. The molecule has 2 aliphatic rings. The van der Waals surface area contributed by atoms with Crippen LogP contribution in [0, 0.1) is 6.92 Å². The molecule has 1 atom stereocenters. The first-order valence-corrected chi connectivity index (χ1v) is 8.78. The maximum Gasteiger partial charge on any atom is 0.322 e. The molecule has 1 spiro atoms. The summed E-state index contributed by atoms with van der Waals surface area (Å²) in [6, 6.07) is 0.926. The SMILES string of the molecule is Cc1cc(S(=O)(=O)N2CCC3(C2)NC(=O)NC3=O)sc1Cl. The van der Waals surface area contributed by atoms with Crippen LogP contribution in [-0.2, 0) is 14.8 Å². The molecule has 1 aromatic heterocycles. The van der Waals surface area contributed by atoms with Crippen molar-refractivity contribution in [3.63, 3.8) is 0 Å². The molecule has 2 aliphatic heterocycles. The van der Waals surface area contributed by atoms with E-state index < -0.39 is 27.5 Å². The fourth-order valence-corrected chi connectivity index (χ4v) is 5.84. The Morgan fingerprint density at radius 3 is 2.67 bits per heavy atom. The lowest BCUT2D eigenvalue weighted by Crippen LogP contribution is -2.49. The lowest BCUT2D eigenvalue weighted by atomic mass is 10.00. The molecule has 21 heavy (non-hydrogen) atoms. The Labute approximate surface area is 130 Å². The molecule has 0 radical (unpaired) electrons. The first-order valence-electron chi connectivity index (χ1n) is 6.14. The number of amides is 3. The topological polar surface area (TPSA) is 95.6 Å². The summed E-state index contributed by atoms with van der Waals surface area (Å²) in [5, 5.41) is 4.67. The summed E-state index contributed by atoms with van der Waals surface area (Å²) in [5.74, 6) is -0.481. The van der Waals surface area contributed by atoms with Crippen LogP contribution in [0.3, 0.4) is 0 Å². The monoisotopic (exact) mass is 349 g/mol. The highest BCUT2D eigenvalue weighted by atomic mass is 35.5. The Morgan fingerprint density at radius 1 is 1.43 bits per heavy atom. The number of nitrogens with zero attached hydrogens (tertiary/aromatic N) is 1. The van der Waals surface area contributed by atoms with E-state index in [0.29, 0.717) is 9.90 Å². The van der Waals surface area contributed by atoms with Gasteiger partial charge in [0.1, 0.15) is 9.75 Å². The second-order valence-electron chi connectivity index (χ2n) is 5.10. The number of carbonyl (C=O) groups excluding carboxylic acids is 2. The highest BCUT2D eigenvalue weighted by Gasteiger charge is 2.53. The molecule has 0 bridgehead atoms. The fraction of sp³-hybridized carbons (Fsp3) is 0.455. The van der Waals surface area contributed by atoms with Gasteiger partial charge in [0.25, 0.3) is 15.9 Å². The molecule has 1 aromatic rings. The third kappa shape index (κ3) is 2.24. The van der Waals surface area contributed by atoms with Gasteiger partial charge in [0, 0.05) is 13.1 Å². The van der Waals surface area contributed by atoms with Crippen LogP contribution in [0.4, 0.5) is 4.79 Å². The van der Waals surface area contributed by atoms with Crippen molar-refractivity contribution < 1.29 is 18.0 Å². The Morgan fingerprint density at radius 2 is 2.14 bits per heavy atom. The van der Waals surface area contributed by atoms with E-state index in [-0.39, 0.29) is 23.7 Å². The van der Waals surface area contributed by atoms with Crippen LogP contribution in [-0.4, -0.2) is 43.3 Å². The number of hydrogen-bond donors (Lipinski definition) is 2. The van der Waals surface area contributed by atoms with Gasteiger partial charge >= 0.3 is 6.03 Å². The van der Waals surface area contributed by atoms with Crippen molar-refractivity contribution >= 4 is 44.9 Å². The summed E-state index contributed by atoms with van der Waals surface area (Å²) in [6.45, 7) is 1.83. The molecule has 2 fully saturated rings. The minimum atomic E-state index is -3.71. The highest BCUT2D eigenvalue weighted by molar-refractivity contribution is 7.91. The van der Waals surface area contributed by atoms with Gasteiger partial charge in [0.05, 0.1) is 4.34 Å². The lowest BCUT2D eigenvalue weighted by Gasteiger charge is -2.20. The van der Waals surface area contributed by atoms with Crippen molar-refractivity contribution in [2.75, 3.05) is 13.1 Å². The fourth-order valence-electron chi connectivity index (χ4n) is 2.48. The maximum atomic E-state index is 12.6. The zero-order valence-corrected chi connectivity index (χ0v) is 13.4. The van der Waals surface area contributed by atoms with Crippen LogP contribution in [0.15, 0.2) is 10.3 Å². The number of urea groups is 1. The van der Waals surface area contributed by atoms with E-state index in [1.807, 2.05) is 0 Å². The molecule has 10 heteroatoms. The van der Waals surface area contributed by atoms with Crippen LogP contribution in [0.5, 0.6) is 0 Å².